The van der Waals surface area contributed by atoms with Gasteiger partial charge in [-0.1, -0.05) is 17.7 Å². The average molecular weight is 261 g/mol. The Morgan fingerprint density at radius 1 is 1.50 bits per heavy atom. The normalized spacial score (nSPS) is 21.2. The maximum Gasteiger partial charge on any atom is 0.158 e. The molecule has 1 aliphatic rings. The molecule has 0 aliphatic carbocycles. The SMILES string of the molecule is O=S(=O)(Cc1ccc(Cl)nc1)[C@H]1CCNC1. The van der Waals surface area contributed by atoms with E-state index in [1.54, 1.807) is 12.1 Å². The Hall–Kier alpha value is -0.650. The Balaban J connectivity index is 2.11. The molecule has 1 fully saturated rings. The molecule has 6 heteroatoms. The van der Waals surface area contributed by atoms with Crippen LogP contribution in [-0.2, 0) is 15.6 Å². The van der Waals surface area contributed by atoms with Gasteiger partial charge in [-0.25, -0.2) is 13.4 Å². The van der Waals surface area contributed by atoms with E-state index in [-0.39, 0.29) is 11.0 Å². The Kier molecular flexibility index (Phi) is 3.47. The molecule has 1 aliphatic heterocycles. The smallest absolute Gasteiger partial charge is 0.158 e. The molecule has 0 saturated carbocycles. The van der Waals surface area contributed by atoms with Gasteiger partial charge < -0.3 is 5.32 Å². The number of halogens is 1. The molecule has 2 heterocycles. The third-order valence-corrected chi connectivity index (χ3v) is 5.06. The zero-order valence-electron chi connectivity index (χ0n) is 8.69. The van der Waals surface area contributed by atoms with Crippen LogP contribution in [0.5, 0.6) is 0 Å². The number of sulfone groups is 1. The second kappa shape index (κ2) is 4.69. The summed E-state index contributed by atoms with van der Waals surface area (Å²) in [7, 11) is -3.07. The molecule has 0 radical (unpaired) electrons. The summed E-state index contributed by atoms with van der Waals surface area (Å²) >= 11 is 5.64. The van der Waals surface area contributed by atoms with E-state index in [1.165, 1.54) is 6.20 Å². The minimum Gasteiger partial charge on any atom is -0.315 e. The van der Waals surface area contributed by atoms with Crippen LogP contribution in [0.25, 0.3) is 0 Å². The van der Waals surface area contributed by atoms with Crippen LogP contribution in [0.1, 0.15) is 12.0 Å². The Morgan fingerprint density at radius 2 is 2.31 bits per heavy atom. The molecule has 2 rings (SSSR count). The minimum absolute atomic E-state index is 0.0452. The second-order valence-electron chi connectivity index (χ2n) is 3.91. The zero-order chi connectivity index (χ0) is 11.6. The van der Waals surface area contributed by atoms with E-state index >= 15 is 0 Å². The van der Waals surface area contributed by atoms with Crippen molar-refractivity contribution in [2.24, 2.45) is 0 Å². The largest absolute Gasteiger partial charge is 0.315 e. The van der Waals surface area contributed by atoms with Crippen molar-refractivity contribution in [3.63, 3.8) is 0 Å². The van der Waals surface area contributed by atoms with Crippen molar-refractivity contribution in [2.45, 2.75) is 17.4 Å². The number of nitrogens with zero attached hydrogens (tertiary/aromatic N) is 1. The lowest BCUT2D eigenvalue weighted by Gasteiger charge is -2.09. The van der Waals surface area contributed by atoms with Crippen molar-refractivity contribution < 1.29 is 8.42 Å². The molecule has 4 nitrogen and oxygen atoms in total. The minimum atomic E-state index is -3.07. The lowest BCUT2D eigenvalue weighted by Crippen LogP contribution is -2.25. The maximum atomic E-state index is 12.0. The van der Waals surface area contributed by atoms with Gasteiger partial charge in [0.15, 0.2) is 9.84 Å². The van der Waals surface area contributed by atoms with Crippen LogP contribution in [0, 0.1) is 0 Å². The summed E-state index contributed by atoms with van der Waals surface area (Å²) in [6.07, 6.45) is 2.21. The summed E-state index contributed by atoms with van der Waals surface area (Å²) in [5.74, 6) is 0.0452. The van der Waals surface area contributed by atoms with E-state index in [2.05, 4.69) is 10.3 Å². The highest BCUT2D eigenvalue weighted by molar-refractivity contribution is 7.91. The summed E-state index contributed by atoms with van der Waals surface area (Å²) in [6, 6.07) is 3.31. The molecule has 88 valence electrons. The predicted octanol–water partition coefficient (Wildman–Crippen LogP) is 1.01. The van der Waals surface area contributed by atoms with E-state index < -0.39 is 9.84 Å². The number of hydrogen-bond acceptors (Lipinski definition) is 4. The fourth-order valence-corrected chi connectivity index (χ4v) is 3.61. The monoisotopic (exact) mass is 260 g/mol. The van der Waals surface area contributed by atoms with Gasteiger partial charge in [-0.05, 0) is 24.6 Å². The van der Waals surface area contributed by atoms with Gasteiger partial charge in [0.25, 0.3) is 0 Å². The molecule has 1 aromatic rings. The number of hydrogen-bond donors (Lipinski definition) is 1. The summed E-state index contributed by atoms with van der Waals surface area (Å²) in [4.78, 5) is 3.88. The van der Waals surface area contributed by atoms with Crippen LogP contribution in [0.3, 0.4) is 0 Å². The summed E-state index contributed by atoms with van der Waals surface area (Å²) in [5, 5.41) is 3.17. The molecule has 1 atom stereocenters. The Bertz CT molecular complexity index is 452. The molecule has 1 saturated heterocycles. The molecule has 0 amide bonds. The van der Waals surface area contributed by atoms with Crippen molar-refractivity contribution >= 4 is 21.4 Å². The zero-order valence-corrected chi connectivity index (χ0v) is 10.3. The van der Waals surface area contributed by atoms with Gasteiger partial charge in [-0.2, -0.15) is 0 Å². The standard InChI is InChI=1S/C10H13ClN2O2S/c11-10-2-1-8(5-13-10)7-16(14,15)9-3-4-12-6-9/h1-2,5,9,12H,3-4,6-7H2/t9-/m0/s1. The molecule has 0 aromatic carbocycles. The molecule has 0 bridgehead atoms. The molecular weight excluding hydrogens is 248 g/mol. The van der Waals surface area contributed by atoms with Crippen LogP contribution in [-0.4, -0.2) is 31.7 Å². The highest BCUT2D eigenvalue weighted by Crippen LogP contribution is 2.16. The average Bonchev–Trinajstić information content (AvgIpc) is 2.75. The van der Waals surface area contributed by atoms with E-state index in [4.69, 9.17) is 11.6 Å². The van der Waals surface area contributed by atoms with Crippen molar-refractivity contribution in [2.75, 3.05) is 13.1 Å². The van der Waals surface area contributed by atoms with E-state index in [0.717, 1.165) is 6.54 Å². The number of pyridine rings is 1. The van der Waals surface area contributed by atoms with E-state index in [1.807, 2.05) is 0 Å². The van der Waals surface area contributed by atoms with Crippen molar-refractivity contribution in [3.8, 4) is 0 Å². The quantitative estimate of drug-likeness (QED) is 0.825. The first-order valence-corrected chi connectivity index (χ1v) is 7.20. The van der Waals surface area contributed by atoms with Crippen LogP contribution >= 0.6 is 11.6 Å². The lowest BCUT2D eigenvalue weighted by atomic mass is 10.3. The predicted molar refractivity (Wildman–Crippen MR) is 63.1 cm³/mol. The molecular formula is C10H13ClN2O2S. The molecule has 1 N–H and O–H groups in total. The second-order valence-corrected chi connectivity index (χ2v) is 6.58. The van der Waals surface area contributed by atoms with Gasteiger partial charge in [-0.3, -0.25) is 0 Å². The third-order valence-electron chi connectivity index (χ3n) is 2.68. The van der Waals surface area contributed by atoms with Gasteiger partial charge in [0, 0.05) is 12.7 Å². The fourth-order valence-electron chi connectivity index (χ4n) is 1.78. The number of nitrogens with one attached hydrogen (secondary N) is 1. The Morgan fingerprint density at radius 3 is 2.88 bits per heavy atom. The van der Waals surface area contributed by atoms with Crippen LogP contribution < -0.4 is 5.32 Å². The molecule has 16 heavy (non-hydrogen) atoms. The van der Waals surface area contributed by atoms with Crippen molar-refractivity contribution in [1.29, 1.82) is 0 Å². The molecule has 1 aromatic heterocycles. The van der Waals surface area contributed by atoms with Gasteiger partial charge in [-0.15, -0.1) is 0 Å². The summed E-state index contributed by atoms with van der Waals surface area (Å²) in [5.41, 5.74) is 0.691. The van der Waals surface area contributed by atoms with Crippen LogP contribution in [0.15, 0.2) is 18.3 Å². The maximum absolute atomic E-state index is 12.0. The molecule has 0 spiro atoms. The van der Waals surface area contributed by atoms with Gasteiger partial charge in [0.05, 0.1) is 11.0 Å². The Labute approximate surface area is 99.9 Å². The summed E-state index contributed by atoms with van der Waals surface area (Å²) < 4.78 is 24.0. The third kappa shape index (κ3) is 2.72. The number of aromatic nitrogens is 1. The topological polar surface area (TPSA) is 59.1 Å². The first-order valence-electron chi connectivity index (χ1n) is 5.11. The highest BCUT2D eigenvalue weighted by atomic mass is 35.5. The first kappa shape index (κ1) is 11.8. The fraction of sp³-hybridized carbons (Fsp3) is 0.500. The molecule has 0 unspecified atom stereocenters. The number of rotatable bonds is 3. The van der Waals surface area contributed by atoms with Crippen molar-refractivity contribution in [1.82, 2.24) is 10.3 Å². The van der Waals surface area contributed by atoms with Gasteiger partial charge >= 0.3 is 0 Å². The van der Waals surface area contributed by atoms with E-state index in [9.17, 15) is 8.42 Å². The van der Waals surface area contributed by atoms with Crippen LogP contribution in [0.4, 0.5) is 0 Å². The van der Waals surface area contributed by atoms with Crippen molar-refractivity contribution in [3.05, 3.63) is 29.0 Å². The van der Waals surface area contributed by atoms with Gasteiger partial charge in [0.2, 0.25) is 0 Å². The first-order chi connectivity index (χ1) is 7.58. The highest BCUT2D eigenvalue weighted by Gasteiger charge is 2.28. The van der Waals surface area contributed by atoms with Crippen LogP contribution in [0.2, 0.25) is 5.15 Å². The lowest BCUT2D eigenvalue weighted by molar-refractivity contribution is 0.582. The summed E-state index contributed by atoms with van der Waals surface area (Å²) in [6.45, 7) is 1.34. The van der Waals surface area contributed by atoms with E-state index in [0.29, 0.717) is 23.7 Å². The van der Waals surface area contributed by atoms with Gasteiger partial charge in [0.1, 0.15) is 5.15 Å².